The van der Waals surface area contributed by atoms with Crippen molar-refractivity contribution in [1.82, 2.24) is 14.7 Å². The van der Waals surface area contributed by atoms with Gasteiger partial charge in [0.1, 0.15) is 0 Å². The highest BCUT2D eigenvalue weighted by molar-refractivity contribution is 8.16. The summed E-state index contributed by atoms with van der Waals surface area (Å²) in [7, 11) is 0. The molecule has 0 radical (unpaired) electrons. The van der Waals surface area contributed by atoms with Crippen LogP contribution in [-0.4, -0.2) is 76.6 Å². The summed E-state index contributed by atoms with van der Waals surface area (Å²) in [5.74, 6) is -1.38. The van der Waals surface area contributed by atoms with Gasteiger partial charge in [-0.15, -0.1) is 0 Å². The number of hydrogen-bond acceptors (Lipinski definition) is 7. The Hall–Kier alpha value is -3.28. The van der Waals surface area contributed by atoms with Crippen molar-refractivity contribution in [1.29, 1.82) is 0 Å². The van der Waals surface area contributed by atoms with E-state index in [4.69, 9.17) is 4.74 Å². The number of thioether (sulfide) groups is 1. The molecule has 2 amide bonds. The Morgan fingerprint density at radius 1 is 1.08 bits per heavy atom. The number of aliphatic imine (C=N–C) groups is 1. The van der Waals surface area contributed by atoms with Crippen LogP contribution in [0.5, 0.6) is 0 Å². The number of halogens is 3. The van der Waals surface area contributed by atoms with Crippen LogP contribution in [0, 0.1) is 6.92 Å². The molecule has 37 heavy (non-hydrogen) atoms. The number of ether oxygens (including phenoxy) is 1. The molecule has 0 spiro atoms. The number of amides is 2. The number of piperazine rings is 1. The Balaban J connectivity index is 1.69. The van der Waals surface area contributed by atoms with E-state index in [0.29, 0.717) is 37.4 Å². The standard InChI is InChI=1S/C25H27F3N4O4S/c1-4-36-23(35)20-21(17-7-5-15(2)6-8-17)32-18(14-37-24(32)29-22(20)25(26,27)28)13-19(34)31-11-9-30(10-12-31)16(3)33/h5-8,14,21H,4,9-13H2,1-3H3/t21-/m1/s1. The van der Waals surface area contributed by atoms with Gasteiger partial charge in [-0.2, -0.15) is 13.2 Å². The first-order valence-electron chi connectivity index (χ1n) is 11.8. The van der Waals surface area contributed by atoms with Crippen LogP contribution >= 0.6 is 11.8 Å². The zero-order chi connectivity index (χ0) is 26.9. The van der Waals surface area contributed by atoms with Gasteiger partial charge in [0.15, 0.2) is 10.9 Å². The maximum atomic E-state index is 14.1. The fourth-order valence-corrected chi connectivity index (χ4v) is 5.41. The second kappa shape index (κ2) is 10.6. The van der Waals surface area contributed by atoms with E-state index in [0.717, 1.165) is 17.3 Å². The van der Waals surface area contributed by atoms with Crippen LogP contribution in [0.3, 0.4) is 0 Å². The molecule has 0 N–H and O–H groups in total. The van der Waals surface area contributed by atoms with Crippen molar-refractivity contribution < 1.29 is 32.3 Å². The van der Waals surface area contributed by atoms with Crippen molar-refractivity contribution in [2.24, 2.45) is 4.99 Å². The van der Waals surface area contributed by atoms with E-state index in [-0.39, 0.29) is 30.0 Å². The van der Waals surface area contributed by atoms with E-state index in [1.807, 2.05) is 6.92 Å². The van der Waals surface area contributed by atoms with Crippen LogP contribution in [-0.2, 0) is 19.1 Å². The van der Waals surface area contributed by atoms with Crippen molar-refractivity contribution in [2.75, 3.05) is 32.8 Å². The van der Waals surface area contributed by atoms with E-state index in [2.05, 4.69) is 4.99 Å². The summed E-state index contributed by atoms with van der Waals surface area (Å²) in [4.78, 5) is 46.4. The first kappa shape index (κ1) is 26.8. The average molecular weight is 537 g/mol. The summed E-state index contributed by atoms with van der Waals surface area (Å²) in [5, 5.41) is 1.64. The molecule has 3 aliphatic heterocycles. The predicted molar refractivity (Wildman–Crippen MR) is 132 cm³/mol. The van der Waals surface area contributed by atoms with Gasteiger partial charge in [0, 0.05) is 38.8 Å². The Kier molecular flexibility index (Phi) is 7.67. The summed E-state index contributed by atoms with van der Waals surface area (Å²) >= 11 is 0.980. The van der Waals surface area contributed by atoms with Gasteiger partial charge in [-0.25, -0.2) is 9.79 Å². The number of benzene rings is 1. The molecule has 8 nitrogen and oxygen atoms in total. The minimum Gasteiger partial charge on any atom is -0.463 e. The molecular formula is C25H27F3N4O4S. The number of alkyl halides is 3. The Bertz CT molecular complexity index is 1190. The highest BCUT2D eigenvalue weighted by Crippen LogP contribution is 2.48. The molecule has 198 valence electrons. The zero-order valence-corrected chi connectivity index (χ0v) is 21.5. The number of hydrogen-bond donors (Lipinski definition) is 0. The minimum atomic E-state index is -4.89. The van der Waals surface area contributed by atoms with Gasteiger partial charge in [-0.3, -0.25) is 9.59 Å². The van der Waals surface area contributed by atoms with Crippen molar-refractivity contribution in [3.05, 3.63) is 57.8 Å². The fraction of sp³-hybridized carbons (Fsp3) is 0.440. The number of carbonyl (C=O) groups is 3. The molecular weight excluding hydrogens is 509 g/mol. The van der Waals surface area contributed by atoms with Gasteiger partial charge in [-0.05, 0) is 24.8 Å². The second-order valence-electron chi connectivity index (χ2n) is 8.85. The van der Waals surface area contributed by atoms with E-state index in [1.54, 1.807) is 39.5 Å². The number of carbonyl (C=O) groups excluding carboxylic acids is 3. The van der Waals surface area contributed by atoms with E-state index >= 15 is 0 Å². The Morgan fingerprint density at radius 2 is 1.70 bits per heavy atom. The van der Waals surface area contributed by atoms with Crippen LogP contribution in [0.1, 0.15) is 37.4 Å². The quantitative estimate of drug-likeness (QED) is 0.533. The summed E-state index contributed by atoms with van der Waals surface area (Å²) in [5.41, 5.74) is -0.123. The summed E-state index contributed by atoms with van der Waals surface area (Å²) in [6.07, 6.45) is -4.98. The molecule has 12 heteroatoms. The zero-order valence-electron chi connectivity index (χ0n) is 20.7. The predicted octanol–water partition coefficient (Wildman–Crippen LogP) is 3.76. The first-order chi connectivity index (χ1) is 17.5. The van der Waals surface area contributed by atoms with Gasteiger partial charge in [0.2, 0.25) is 11.8 Å². The summed E-state index contributed by atoms with van der Waals surface area (Å²) in [6.45, 7) is 6.32. The van der Waals surface area contributed by atoms with Gasteiger partial charge >= 0.3 is 12.1 Å². The van der Waals surface area contributed by atoms with E-state index < -0.39 is 29.5 Å². The maximum Gasteiger partial charge on any atom is 0.434 e. The van der Waals surface area contributed by atoms with Crippen LogP contribution in [0.2, 0.25) is 0 Å². The number of allylic oxidation sites excluding steroid dienone is 1. The van der Waals surface area contributed by atoms with Gasteiger partial charge in [0.25, 0.3) is 0 Å². The number of rotatable bonds is 5. The van der Waals surface area contributed by atoms with Crippen LogP contribution < -0.4 is 0 Å². The molecule has 1 aromatic rings. The molecule has 0 bridgehead atoms. The van der Waals surface area contributed by atoms with Crippen molar-refractivity contribution in [3.63, 3.8) is 0 Å². The van der Waals surface area contributed by atoms with Gasteiger partial charge < -0.3 is 19.4 Å². The Labute approximate surface area is 216 Å². The molecule has 0 saturated carbocycles. The molecule has 3 heterocycles. The number of fused-ring (bicyclic) bond motifs is 1. The fourth-order valence-electron chi connectivity index (χ4n) is 4.49. The molecule has 1 saturated heterocycles. The lowest BCUT2D eigenvalue weighted by Gasteiger charge is -2.38. The maximum absolute atomic E-state index is 14.1. The molecule has 4 rings (SSSR count). The van der Waals surface area contributed by atoms with Crippen LogP contribution in [0.15, 0.2) is 51.6 Å². The summed E-state index contributed by atoms with van der Waals surface area (Å²) < 4.78 is 47.4. The first-order valence-corrected chi connectivity index (χ1v) is 12.7. The number of aryl methyl sites for hydroxylation is 1. The molecule has 0 unspecified atom stereocenters. The highest BCUT2D eigenvalue weighted by atomic mass is 32.2. The third-order valence-corrected chi connectivity index (χ3v) is 7.27. The number of nitrogens with zero attached hydrogens (tertiary/aromatic N) is 4. The minimum absolute atomic E-state index is 0.0372. The SMILES string of the molecule is CCOC(=O)C1=C(C(F)(F)F)N=C2SC=C(CC(=O)N3CCN(C(C)=O)CC3)N2[C@@H]1c1ccc(C)cc1. The summed E-state index contributed by atoms with van der Waals surface area (Å²) in [6, 6.07) is 5.66. The van der Waals surface area contributed by atoms with Crippen LogP contribution in [0.25, 0.3) is 0 Å². The molecule has 3 aliphatic rings. The monoisotopic (exact) mass is 536 g/mol. The molecule has 0 aliphatic carbocycles. The largest absolute Gasteiger partial charge is 0.463 e. The van der Waals surface area contributed by atoms with E-state index in [1.165, 1.54) is 18.7 Å². The highest BCUT2D eigenvalue weighted by Gasteiger charge is 2.49. The molecule has 1 aromatic carbocycles. The number of esters is 1. The van der Waals surface area contributed by atoms with Crippen molar-refractivity contribution >= 4 is 34.7 Å². The average Bonchev–Trinajstić information content (AvgIpc) is 3.25. The van der Waals surface area contributed by atoms with Crippen molar-refractivity contribution in [3.8, 4) is 0 Å². The van der Waals surface area contributed by atoms with Crippen LogP contribution in [0.4, 0.5) is 13.2 Å². The van der Waals surface area contributed by atoms with Gasteiger partial charge in [-0.1, -0.05) is 41.6 Å². The molecule has 1 atom stereocenters. The van der Waals surface area contributed by atoms with Crippen molar-refractivity contribution in [2.45, 2.75) is 39.4 Å². The van der Waals surface area contributed by atoms with E-state index in [9.17, 15) is 27.6 Å². The lowest BCUT2D eigenvalue weighted by molar-refractivity contribution is -0.141. The number of amidine groups is 1. The lowest BCUT2D eigenvalue weighted by Crippen LogP contribution is -2.50. The lowest BCUT2D eigenvalue weighted by atomic mass is 9.92. The molecule has 1 fully saturated rings. The topological polar surface area (TPSA) is 82.5 Å². The third kappa shape index (κ3) is 5.53. The molecule has 0 aromatic heterocycles. The Morgan fingerprint density at radius 3 is 2.27 bits per heavy atom. The second-order valence-corrected chi connectivity index (χ2v) is 9.69. The smallest absolute Gasteiger partial charge is 0.434 e. The van der Waals surface area contributed by atoms with Gasteiger partial charge in [0.05, 0.1) is 24.6 Å². The normalized spacial score (nSPS) is 19.9. The third-order valence-electron chi connectivity index (χ3n) is 6.38.